The van der Waals surface area contributed by atoms with E-state index >= 15 is 0 Å². The minimum absolute atomic E-state index is 0.119. The Bertz CT molecular complexity index is 1640. The number of aryl methyl sites for hydroxylation is 1. The van der Waals surface area contributed by atoms with Gasteiger partial charge in [0.15, 0.2) is 11.5 Å². The first kappa shape index (κ1) is 24.1. The predicted molar refractivity (Wildman–Crippen MR) is 141 cm³/mol. The Morgan fingerprint density at radius 2 is 1.59 bits per heavy atom. The zero-order valence-corrected chi connectivity index (χ0v) is 21.1. The van der Waals surface area contributed by atoms with Crippen molar-refractivity contribution in [3.05, 3.63) is 124 Å². The molecule has 0 aliphatic rings. The van der Waals surface area contributed by atoms with Crippen molar-refractivity contribution in [1.29, 1.82) is 0 Å². The van der Waals surface area contributed by atoms with Crippen LogP contribution in [0.5, 0.6) is 17.2 Å². The van der Waals surface area contributed by atoms with E-state index in [-0.39, 0.29) is 11.3 Å². The van der Waals surface area contributed by atoms with Crippen LogP contribution in [0, 0.1) is 13.8 Å². The van der Waals surface area contributed by atoms with Gasteiger partial charge in [0.1, 0.15) is 18.8 Å². The van der Waals surface area contributed by atoms with Crippen molar-refractivity contribution in [2.45, 2.75) is 27.0 Å². The molecular formula is C31H28N2O4. The van der Waals surface area contributed by atoms with Crippen molar-refractivity contribution in [2.24, 2.45) is 0 Å². The average Bonchev–Trinajstić information content (AvgIpc) is 2.92. The van der Waals surface area contributed by atoms with E-state index in [4.69, 9.17) is 9.47 Å². The van der Waals surface area contributed by atoms with Crippen LogP contribution in [-0.2, 0) is 13.2 Å². The molecule has 186 valence electrons. The largest absolute Gasteiger partial charge is 0.872 e. The van der Waals surface area contributed by atoms with Crippen molar-refractivity contribution in [3.8, 4) is 28.5 Å². The number of ether oxygens (including phenoxy) is 2. The number of hydrogen-bond acceptors (Lipinski definition) is 4. The maximum absolute atomic E-state index is 13.6. The van der Waals surface area contributed by atoms with Crippen molar-refractivity contribution in [1.82, 2.24) is 4.57 Å². The standard InChI is InChI=1S/C31H28N2O4/c1-21-11-13-23(14-12-21)20-37-27-16-15-24(18-28(27)36-3)19-33-29-10-6-7-17-32(29)30(22(2)31(33)35)25-8-4-5-9-26(25)34/h4-18H,19-20H2,1-3H3. The van der Waals surface area contributed by atoms with Gasteiger partial charge in [0, 0.05) is 11.6 Å². The van der Waals surface area contributed by atoms with Crippen molar-refractivity contribution < 1.29 is 19.0 Å². The van der Waals surface area contributed by atoms with Crippen LogP contribution in [0.1, 0.15) is 22.3 Å². The van der Waals surface area contributed by atoms with Gasteiger partial charge in [0.2, 0.25) is 0 Å². The molecule has 5 rings (SSSR count). The van der Waals surface area contributed by atoms with Crippen LogP contribution >= 0.6 is 0 Å². The third kappa shape index (κ3) is 4.78. The summed E-state index contributed by atoms with van der Waals surface area (Å²) < 4.78 is 15.3. The second kappa shape index (κ2) is 10.2. The number of pyridine rings is 1. The second-order valence-electron chi connectivity index (χ2n) is 9.05. The van der Waals surface area contributed by atoms with Crippen LogP contribution in [0.2, 0.25) is 0 Å². The fourth-order valence-electron chi connectivity index (χ4n) is 4.54. The molecular weight excluding hydrogens is 464 g/mol. The van der Waals surface area contributed by atoms with Crippen molar-refractivity contribution in [2.75, 3.05) is 7.11 Å². The normalized spacial score (nSPS) is 11.0. The lowest BCUT2D eigenvalue weighted by Gasteiger charge is -2.16. The van der Waals surface area contributed by atoms with E-state index in [0.29, 0.717) is 47.1 Å². The molecule has 2 aromatic heterocycles. The zero-order valence-electron chi connectivity index (χ0n) is 21.1. The van der Waals surface area contributed by atoms with Crippen LogP contribution in [0.4, 0.5) is 0 Å². The average molecular weight is 493 g/mol. The summed E-state index contributed by atoms with van der Waals surface area (Å²) in [7, 11) is 1.61. The Balaban J connectivity index is 1.51. The molecule has 0 radical (unpaired) electrons. The van der Waals surface area contributed by atoms with Crippen LogP contribution in [0.3, 0.4) is 0 Å². The quantitative estimate of drug-likeness (QED) is 0.312. The van der Waals surface area contributed by atoms with Gasteiger partial charge in [-0.15, -0.1) is 0 Å². The second-order valence-corrected chi connectivity index (χ2v) is 9.05. The van der Waals surface area contributed by atoms with Gasteiger partial charge in [-0.2, -0.15) is 8.97 Å². The van der Waals surface area contributed by atoms with Crippen LogP contribution in [0.15, 0.2) is 95.9 Å². The first-order valence-electron chi connectivity index (χ1n) is 12.1. The highest BCUT2D eigenvalue weighted by atomic mass is 16.5. The molecule has 3 aromatic carbocycles. The van der Waals surface area contributed by atoms with Gasteiger partial charge in [0.25, 0.3) is 5.65 Å². The SMILES string of the molecule is COc1cc(Cn2c(=O)c(C)c(-c3ccccc3[O-])[n+]3ccccc23)ccc1OCc1ccc(C)cc1. The summed E-state index contributed by atoms with van der Waals surface area (Å²) in [6.07, 6.45) is 1.88. The Labute approximate surface area is 215 Å². The van der Waals surface area contributed by atoms with Crippen molar-refractivity contribution in [3.63, 3.8) is 0 Å². The lowest BCUT2D eigenvalue weighted by atomic mass is 10.1. The number of aromatic nitrogens is 2. The summed E-state index contributed by atoms with van der Waals surface area (Å²) >= 11 is 0. The summed E-state index contributed by atoms with van der Waals surface area (Å²) in [5, 5.41) is 12.6. The molecule has 0 saturated carbocycles. The Morgan fingerprint density at radius 3 is 2.35 bits per heavy atom. The number of rotatable bonds is 7. The number of methoxy groups -OCH3 is 1. The molecule has 0 aliphatic carbocycles. The maximum Gasteiger partial charge on any atom is 0.341 e. The molecule has 37 heavy (non-hydrogen) atoms. The van der Waals surface area contributed by atoms with E-state index in [0.717, 1.165) is 11.1 Å². The number of nitrogens with zero attached hydrogens (tertiary/aromatic N) is 2. The van der Waals surface area contributed by atoms with E-state index < -0.39 is 0 Å². The third-order valence-corrected chi connectivity index (χ3v) is 6.50. The summed E-state index contributed by atoms with van der Waals surface area (Å²) in [4.78, 5) is 13.6. The highest BCUT2D eigenvalue weighted by molar-refractivity contribution is 5.67. The molecule has 0 atom stereocenters. The third-order valence-electron chi connectivity index (χ3n) is 6.50. The zero-order chi connectivity index (χ0) is 25.9. The van der Waals surface area contributed by atoms with Gasteiger partial charge in [-0.25, -0.2) is 4.79 Å². The van der Waals surface area contributed by atoms with E-state index in [1.165, 1.54) is 11.6 Å². The summed E-state index contributed by atoms with van der Waals surface area (Å²) in [5.41, 5.74) is 5.33. The Kier molecular flexibility index (Phi) is 6.64. The van der Waals surface area contributed by atoms with E-state index in [1.807, 2.05) is 65.2 Å². The van der Waals surface area contributed by atoms with Crippen molar-refractivity contribution >= 4 is 5.65 Å². The van der Waals surface area contributed by atoms with E-state index in [2.05, 4.69) is 19.1 Å². The fraction of sp³-hybridized carbons (Fsp3) is 0.161. The van der Waals surface area contributed by atoms with Crippen LogP contribution in [0.25, 0.3) is 16.9 Å². The molecule has 0 spiro atoms. The monoisotopic (exact) mass is 492 g/mol. The molecule has 2 heterocycles. The van der Waals surface area contributed by atoms with Gasteiger partial charge in [-0.1, -0.05) is 72.0 Å². The Morgan fingerprint density at radius 1 is 0.865 bits per heavy atom. The van der Waals surface area contributed by atoms with E-state index in [9.17, 15) is 9.90 Å². The van der Waals surface area contributed by atoms with Gasteiger partial charge in [0.05, 0.1) is 18.9 Å². The van der Waals surface area contributed by atoms with Gasteiger partial charge in [-0.05, 0) is 43.2 Å². The molecule has 0 fully saturated rings. The summed E-state index contributed by atoms with van der Waals surface area (Å²) in [5.74, 6) is 1.12. The predicted octanol–water partition coefficient (Wildman–Crippen LogP) is 4.58. The fourth-order valence-corrected chi connectivity index (χ4v) is 4.54. The molecule has 0 saturated heterocycles. The number of fused-ring (bicyclic) bond motifs is 1. The topological polar surface area (TPSA) is 67.6 Å². The van der Waals surface area contributed by atoms with Crippen LogP contribution in [-0.4, -0.2) is 11.7 Å². The summed E-state index contributed by atoms with van der Waals surface area (Å²) in [6.45, 7) is 4.58. The molecule has 5 aromatic rings. The molecule has 0 bridgehead atoms. The number of hydrogen-bond donors (Lipinski definition) is 0. The molecule has 6 heteroatoms. The molecule has 6 nitrogen and oxygen atoms in total. The Hall–Kier alpha value is -4.58. The number of para-hydroxylation sites is 1. The smallest absolute Gasteiger partial charge is 0.341 e. The molecule has 0 N–H and O–H groups in total. The first-order chi connectivity index (χ1) is 18.0. The lowest BCUT2D eigenvalue weighted by molar-refractivity contribution is -0.504. The maximum atomic E-state index is 13.6. The molecule has 0 aliphatic heterocycles. The number of benzene rings is 3. The van der Waals surface area contributed by atoms with E-state index in [1.54, 1.807) is 30.7 Å². The highest BCUT2D eigenvalue weighted by Gasteiger charge is 2.23. The van der Waals surface area contributed by atoms with Crippen LogP contribution < -0.4 is 24.5 Å². The molecule has 0 amide bonds. The highest BCUT2D eigenvalue weighted by Crippen LogP contribution is 2.30. The van der Waals surface area contributed by atoms with Gasteiger partial charge < -0.3 is 14.6 Å². The molecule has 0 unspecified atom stereocenters. The lowest BCUT2D eigenvalue weighted by Crippen LogP contribution is -2.38. The minimum Gasteiger partial charge on any atom is -0.872 e. The minimum atomic E-state index is -0.150. The summed E-state index contributed by atoms with van der Waals surface area (Å²) in [6, 6.07) is 26.4. The van der Waals surface area contributed by atoms with Gasteiger partial charge >= 0.3 is 5.56 Å². The first-order valence-corrected chi connectivity index (χ1v) is 12.1. The van der Waals surface area contributed by atoms with Gasteiger partial charge in [-0.3, -0.25) is 0 Å².